The average molecular weight is 302 g/mol. The van der Waals surface area contributed by atoms with E-state index < -0.39 is 0 Å². The summed E-state index contributed by atoms with van der Waals surface area (Å²) < 4.78 is 0. The molecule has 0 aliphatic carbocycles. The highest BCUT2D eigenvalue weighted by atomic mass is 15.0. The first-order valence-electron chi connectivity index (χ1n) is 6.60. The van der Waals surface area contributed by atoms with E-state index in [1.165, 1.54) is 0 Å². The zero-order valence-corrected chi connectivity index (χ0v) is 12.6. The summed E-state index contributed by atoms with van der Waals surface area (Å²) in [5.41, 5.74) is 46.6. The van der Waals surface area contributed by atoms with Crippen molar-refractivity contribution in [1.29, 1.82) is 0 Å². The predicted molar refractivity (Wildman–Crippen MR) is 96.5 cm³/mol. The number of benzene rings is 2. The first kappa shape index (κ1) is 15.2. The number of hydrogen-bond donors (Lipinski definition) is 8. The van der Waals surface area contributed by atoms with Crippen LogP contribution in [-0.2, 0) is 0 Å². The van der Waals surface area contributed by atoms with Gasteiger partial charge in [0, 0.05) is 5.69 Å². The van der Waals surface area contributed by atoms with Crippen molar-refractivity contribution in [1.82, 2.24) is 0 Å². The molecule has 0 spiro atoms. The van der Waals surface area contributed by atoms with Crippen molar-refractivity contribution >= 4 is 51.2 Å². The lowest BCUT2D eigenvalue weighted by Crippen LogP contribution is -2.11. The van der Waals surface area contributed by atoms with Gasteiger partial charge in [0.25, 0.3) is 0 Å². The molecule has 2 aromatic rings. The van der Waals surface area contributed by atoms with E-state index in [-0.39, 0.29) is 0 Å². The summed E-state index contributed by atoms with van der Waals surface area (Å²) in [6.45, 7) is 3.53. The van der Waals surface area contributed by atoms with E-state index in [2.05, 4.69) is 5.32 Å². The van der Waals surface area contributed by atoms with Crippen LogP contribution in [-0.4, -0.2) is 0 Å². The normalized spacial score (nSPS) is 10.6. The van der Waals surface area contributed by atoms with Gasteiger partial charge < -0.3 is 45.5 Å². The van der Waals surface area contributed by atoms with Crippen molar-refractivity contribution in [3.8, 4) is 0 Å². The zero-order valence-electron chi connectivity index (χ0n) is 12.6. The highest BCUT2D eigenvalue weighted by molar-refractivity contribution is 6.01. The fourth-order valence-electron chi connectivity index (χ4n) is 2.18. The zero-order chi connectivity index (χ0) is 16.8. The van der Waals surface area contributed by atoms with E-state index in [1.54, 1.807) is 19.9 Å². The molecule has 118 valence electrons. The van der Waals surface area contributed by atoms with Crippen LogP contribution in [0.15, 0.2) is 6.07 Å². The summed E-state index contributed by atoms with van der Waals surface area (Å²) in [4.78, 5) is 0. The maximum absolute atomic E-state index is 6.03. The van der Waals surface area contributed by atoms with E-state index in [9.17, 15) is 0 Å². The molecule has 0 atom stereocenters. The molecular formula is C14H22N8. The number of nitrogens with two attached hydrogens (primary N) is 7. The Kier molecular flexibility index (Phi) is 3.46. The third-order valence-electron chi connectivity index (χ3n) is 3.90. The van der Waals surface area contributed by atoms with Gasteiger partial charge in [-0.15, -0.1) is 0 Å². The van der Waals surface area contributed by atoms with Crippen LogP contribution in [0, 0.1) is 13.8 Å². The van der Waals surface area contributed by atoms with Crippen LogP contribution >= 0.6 is 0 Å². The highest BCUT2D eigenvalue weighted by Crippen LogP contribution is 2.43. The van der Waals surface area contributed by atoms with Crippen LogP contribution in [0.1, 0.15) is 11.1 Å². The standard InChI is InChI=1S/C14H22N8/c1-4-6(15)3-7(11(19)8(4)16)22-14-12(20)9(17)5(2)10(18)13(14)21/h3,22H,15-21H2,1-2H3. The van der Waals surface area contributed by atoms with Gasteiger partial charge in [0.05, 0.1) is 45.5 Å². The van der Waals surface area contributed by atoms with Crippen LogP contribution in [0.5, 0.6) is 0 Å². The van der Waals surface area contributed by atoms with E-state index in [1.807, 2.05) is 0 Å². The van der Waals surface area contributed by atoms with E-state index in [4.69, 9.17) is 40.1 Å². The number of nitrogen functional groups attached to an aromatic ring is 7. The SMILES string of the molecule is Cc1c(N)cc(Nc2c(N)c(N)c(C)c(N)c2N)c(N)c1N. The summed E-state index contributed by atoms with van der Waals surface area (Å²) >= 11 is 0. The van der Waals surface area contributed by atoms with Gasteiger partial charge in [0.1, 0.15) is 0 Å². The van der Waals surface area contributed by atoms with Crippen molar-refractivity contribution < 1.29 is 0 Å². The molecule has 0 saturated carbocycles. The molecule has 22 heavy (non-hydrogen) atoms. The molecule has 2 rings (SSSR count). The molecule has 0 unspecified atom stereocenters. The molecule has 0 amide bonds. The van der Waals surface area contributed by atoms with E-state index >= 15 is 0 Å². The van der Waals surface area contributed by atoms with Gasteiger partial charge in [-0.1, -0.05) is 0 Å². The molecule has 0 saturated heterocycles. The van der Waals surface area contributed by atoms with Gasteiger partial charge in [-0.25, -0.2) is 0 Å². The molecule has 8 nitrogen and oxygen atoms in total. The Morgan fingerprint density at radius 1 is 0.636 bits per heavy atom. The first-order chi connectivity index (χ1) is 10.2. The lowest BCUT2D eigenvalue weighted by atomic mass is 10.0. The second-order valence-corrected chi connectivity index (χ2v) is 5.25. The first-order valence-corrected chi connectivity index (χ1v) is 6.60. The fourth-order valence-corrected chi connectivity index (χ4v) is 2.18. The summed E-state index contributed by atoms with van der Waals surface area (Å²) in [6.07, 6.45) is 0. The van der Waals surface area contributed by atoms with Crippen LogP contribution in [0.25, 0.3) is 0 Å². The van der Waals surface area contributed by atoms with Crippen molar-refractivity contribution in [2.45, 2.75) is 13.8 Å². The van der Waals surface area contributed by atoms with Gasteiger partial charge in [-0.05, 0) is 31.0 Å². The molecule has 0 radical (unpaired) electrons. The Morgan fingerprint density at radius 2 is 1.09 bits per heavy atom. The lowest BCUT2D eigenvalue weighted by molar-refractivity contribution is 1.43. The monoisotopic (exact) mass is 302 g/mol. The second-order valence-electron chi connectivity index (χ2n) is 5.25. The van der Waals surface area contributed by atoms with Crippen LogP contribution in [0.2, 0.25) is 0 Å². The lowest BCUT2D eigenvalue weighted by Gasteiger charge is -2.20. The van der Waals surface area contributed by atoms with Crippen molar-refractivity contribution in [2.24, 2.45) is 0 Å². The molecule has 2 aromatic carbocycles. The predicted octanol–water partition coefficient (Wildman–Crippen LogP) is 1.12. The van der Waals surface area contributed by atoms with Gasteiger partial charge in [-0.3, -0.25) is 0 Å². The van der Waals surface area contributed by atoms with E-state index in [0.717, 1.165) is 0 Å². The summed E-state index contributed by atoms with van der Waals surface area (Å²) in [5, 5.41) is 3.03. The molecule has 0 fully saturated rings. The van der Waals surface area contributed by atoms with Gasteiger partial charge in [-0.2, -0.15) is 0 Å². The maximum Gasteiger partial charge on any atom is 0.0895 e. The molecule has 0 aromatic heterocycles. The Hall–Kier alpha value is -3.16. The summed E-state index contributed by atoms with van der Waals surface area (Å²) in [6, 6.07) is 1.66. The minimum absolute atomic E-state index is 0.293. The number of rotatable bonds is 2. The minimum atomic E-state index is 0.293. The molecule has 15 N–H and O–H groups in total. The molecule has 0 aliphatic heterocycles. The highest BCUT2D eigenvalue weighted by Gasteiger charge is 2.17. The van der Waals surface area contributed by atoms with Crippen LogP contribution in [0.4, 0.5) is 51.2 Å². The average Bonchev–Trinajstić information content (AvgIpc) is 2.50. The molecule has 8 heteroatoms. The van der Waals surface area contributed by atoms with E-state index in [0.29, 0.717) is 62.3 Å². The molecular weight excluding hydrogens is 280 g/mol. The number of anilines is 9. The quantitative estimate of drug-likeness (QED) is 0.378. The summed E-state index contributed by atoms with van der Waals surface area (Å²) in [7, 11) is 0. The minimum Gasteiger partial charge on any atom is -0.398 e. The smallest absolute Gasteiger partial charge is 0.0895 e. The van der Waals surface area contributed by atoms with Crippen LogP contribution in [0.3, 0.4) is 0 Å². The fraction of sp³-hybridized carbons (Fsp3) is 0.143. The van der Waals surface area contributed by atoms with Crippen molar-refractivity contribution in [3.05, 3.63) is 17.2 Å². The summed E-state index contributed by atoms with van der Waals surface area (Å²) in [5.74, 6) is 0. The van der Waals surface area contributed by atoms with Gasteiger partial charge in [0.2, 0.25) is 0 Å². The van der Waals surface area contributed by atoms with Crippen molar-refractivity contribution in [3.63, 3.8) is 0 Å². The molecule has 0 bridgehead atoms. The Morgan fingerprint density at radius 3 is 1.59 bits per heavy atom. The second kappa shape index (κ2) is 4.99. The number of nitrogens with one attached hydrogen (secondary N) is 1. The maximum atomic E-state index is 6.03. The largest absolute Gasteiger partial charge is 0.398 e. The Balaban J connectivity index is 2.63. The molecule has 0 heterocycles. The van der Waals surface area contributed by atoms with Crippen molar-refractivity contribution in [2.75, 3.05) is 45.5 Å². The van der Waals surface area contributed by atoms with Gasteiger partial charge in [0.15, 0.2) is 0 Å². The molecule has 0 aliphatic rings. The third kappa shape index (κ3) is 2.10. The number of hydrogen-bond acceptors (Lipinski definition) is 8. The Bertz CT molecular complexity index is 737. The topological polar surface area (TPSA) is 194 Å². The van der Waals surface area contributed by atoms with Gasteiger partial charge >= 0.3 is 0 Å². The van der Waals surface area contributed by atoms with Crippen LogP contribution < -0.4 is 45.5 Å². The Labute approximate surface area is 128 Å². The third-order valence-corrected chi connectivity index (χ3v) is 3.90.